The number of nitrogens with one attached hydrogen (secondary N) is 1. The van der Waals surface area contributed by atoms with Crippen LogP contribution < -0.4 is 11.1 Å². The number of aromatic nitrogens is 1. The Kier molecular flexibility index (Phi) is 3.53. The SMILES string of the molecule is Cc1ccncc1Nc1ccc(C(N)=S)cc1F. The Balaban J connectivity index is 2.30. The van der Waals surface area contributed by atoms with E-state index in [1.807, 2.05) is 13.0 Å². The second-order valence-electron chi connectivity index (χ2n) is 3.87. The fourth-order valence-corrected chi connectivity index (χ4v) is 1.64. The maximum absolute atomic E-state index is 13.8. The van der Waals surface area contributed by atoms with Crippen molar-refractivity contribution in [3.63, 3.8) is 0 Å². The van der Waals surface area contributed by atoms with Crippen LogP contribution in [0.5, 0.6) is 0 Å². The van der Waals surface area contributed by atoms with Crippen molar-refractivity contribution in [3.8, 4) is 0 Å². The van der Waals surface area contributed by atoms with E-state index in [2.05, 4.69) is 10.3 Å². The summed E-state index contributed by atoms with van der Waals surface area (Å²) in [6.45, 7) is 1.92. The van der Waals surface area contributed by atoms with Gasteiger partial charge in [-0.05, 0) is 36.8 Å². The van der Waals surface area contributed by atoms with Gasteiger partial charge < -0.3 is 11.1 Å². The molecule has 0 aliphatic heterocycles. The second kappa shape index (κ2) is 5.10. The van der Waals surface area contributed by atoms with Crippen molar-refractivity contribution < 1.29 is 4.39 Å². The van der Waals surface area contributed by atoms with E-state index in [1.165, 1.54) is 6.07 Å². The summed E-state index contributed by atoms with van der Waals surface area (Å²) < 4.78 is 13.8. The number of anilines is 2. The number of hydrogen-bond acceptors (Lipinski definition) is 3. The molecule has 0 saturated carbocycles. The van der Waals surface area contributed by atoms with Crippen molar-refractivity contribution in [1.29, 1.82) is 0 Å². The van der Waals surface area contributed by atoms with Gasteiger partial charge in [-0.3, -0.25) is 4.98 Å². The molecule has 0 unspecified atom stereocenters. The molecule has 0 saturated heterocycles. The molecule has 0 fully saturated rings. The molecule has 2 aromatic rings. The number of hydrogen-bond donors (Lipinski definition) is 2. The van der Waals surface area contributed by atoms with Crippen LogP contribution in [0.25, 0.3) is 0 Å². The van der Waals surface area contributed by atoms with Gasteiger partial charge in [-0.15, -0.1) is 0 Å². The van der Waals surface area contributed by atoms with E-state index < -0.39 is 5.82 Å². The summed E-state index contributed by atoms with van der Waals surface area (Å²) in [6.07, 6.45) is 3.34. The molecule has 1 heterocycles. The second-order valence-corrected chi connectivity index (χ2v) is 4.31. The van der Waals surface area contributed by atoms with Crippen LogP contribution in [0.3, 0.4) is 0 Å². The lowest BCUT2D eigenvalue weighted by molar-refractivity contribution is 0.631. The van der Waals surface area contributed by atoms with Crippen molar-refractivity contribution in [2.24, 2.45) is 5.73 Å². The Bertz CT molecular complexity index is 599. The maximum Gasteiger partial charge on any atom is 0.147 e. The van der Waals surface area contributed by atoms with Crippen LogP contribution in [0.1, 0.15) is 11.1 Å². The predicted molar refractivity (Wildman–Crippen MR) is 74.5 cm³/mol. The molecule has 0 aliphatic rings. The molecule has 2 rings (SSSR count). The average molecular weight is 261 g/mol. The van der Waals surface area contributed by atoms with Crippen molar-refractivity contribution in [2.45, 2.75) is 6.92 Å². The molecular formula is C13H12FN3S. The molecule has 0 atom stereocenters. The largest absolute Gasteiger partial charge is 0.389 e. The van der Waals surface area contributed by atoms with Crippen LogP contribution in [0.4, 0.5) is 15.8 Å². The molecule has 0 amide bonds. The lowest BCUT2D eigenvalue weighted by atomic mass is 10.2. The quantitative estimate of drug-likeness (QED) is 0.834. The van der Waals surface area contributed by atoms with Gasteiger partial charge in [0.2, 0.25) is 0 Å². The fraction of sp³-hybridized carbons (Fsp3) is 0.0769. The third kappa shape index (κ3) is 2.62. The van der Waals surface area contributed by atoms with E-state index in [1.54, 1.807) is 24.5 Å². The number of thiocarbonyl (C=S) groups is 1. The molecule has 1 aromatic carbocycles. The number of pyridine rings is 1. The minimum Gasteiger partial charge on any atom is -0.389 e. The summed E-state index contributed by atoms with van der Waals surface area (Å²) in [4.78, 5) is 4.17. The van der Waals surface area contributed by atoms with Crippen molar-refractivity contribution in [2.75, 3.05) is 5.32 Å². The van der Waals surface area contributed by atoms with Crippen LogP contribution in [0, 0.1) is 12.7 Å². The van der Waals surface area contributed by atoms with Gasteiger partial charge in [0.1, 0.15) is 10.8 Å². The minimum absolute atomic E-state index is 0.179. The van der Waals surface area contributed by atoms with Crippen LogP contribution >= 0.6 is 12.2 Å². The third-order valence-electron chi connectivity index (χ3n) is 2.56. The lowest BCUT2D eigenvalue weighted by Gasteiger charge is -2.10. The van der Waals surface area contributed by atoms with Gasteiger partial charge >= 0.3 is 0 Å². The normalized spacial score (nSPS) is 10.1. The molecule has 5 heteroatoms. The Morgan fingerprint density at radius 1 is 1.33 bits per heavy atom. The molecule has 0 spiro atoms. The first kappa shape index (κ1) is 12.4. The van der Waals surface area contributed by atoms with Gasteiger partial charge in [0.25, 0.3) is 0 Å². The molecule has 3 N–H and O–H groups in total. The number of nitrogens with zero attached hydrogens (tertiary/aromatic N) is 1. The number of nitrogens with two attached hydrogens (primary N) is 1. The van der Waals surface area contributed by atoms with Gasteiger partial charge in [-0.25, -0.2) is 4.39 Å². The summed E-state index contributed by atoms with van der Waals surface area (Å²) in [5.74, 6) is -0.399. The number of halogens is 1. The van der Waals surface area contributed by atoms with Gasteiger partial charge in [0, 0.05) is 11.8 Å². The Labute approximate surface area is 110 Å². The van der Waals surface area contributed by atoms with E-state index in [0.717, 1.165) is 11.3 Å². The van der Waals surface area contributed by atoms with Crippen LogP contribution in [-0.2, 0) is 0 Å². The summed E-state index contributed by atoms with van der Waals surface area (Å²) in [6, 6.07) is 6.45. The van der Waals surface area contributed by atoms with Gasteiger partial charge in [-0.2, -0.15) is 0 Å². The highest BCUT2D eigenvalue weighted by Gasteiger charge is 2.06. The zero-order chi connectivity index (χ0) is 13.1. The lowest BCUT2D eigenvalue weighted by Crippen LogP contribution is -2.10. The molecular weight excluding hydrogens is 249 g/mol. The van der Waals surface area contributed by atoms with E-state index in [-0.39, 0.29) is 4.99 Å². The Hall–Kier alpha value is -2.01. The highest BCUT2D eigenvalue weighted by molar-refractivity contribution is 7.80. The minimum atomic E-state index is -0.399. The van der Waals surface area contributed by atoms with Crippen molar-refractivity contribution >= 4 is 28.6 Å². The molecule has 0 bridgehead atoms. The predicted octanol–water partition coefficient (Wildman–Crippen LogP) is 2.91. The van der Waals surface area contributed by atoms with E-state index in [0.29, 0.717) is 11.3 Å². The summed E-state index contributed by atoms with van der Waals surface area (Å²) in [7, 11) is 0. The van der Waals surface area contributed by atoms with Crippen LogP contribution in [0.15, 0.2) is 36.7 Å². The smallest absolute Gasteiger partial charge is 0.147 e. The van der Waals surface area contributed by atoms with Crippen molar-refractivity contribution in [1.82, 2.24) is 4.98 Å². The molecule has 0 aliphatic carbocycles. The third-order valence-corrected chi connectivity index (χ3v) is 2.80. The summed E-state index contributed by atoms with van der Waals surface area (Å²) in [5, 5.41) is 2.99. The monoisotopic (exact) mass is 261 g/mol. The first-order chi connectivity index (χ1) is 8.58. The van der Waals surface area contributed by atoms with Gasteiger partial charge in [0.05, 0.1) is 17.6 Å². The molecule has 0 radical (unpaired) electrons. The number of benzene rings is 1. The van der Waals surface area contributed by atoms with Crippen LogP contribution in [-0.4, -0.2) is 9.97 Å². The van der Waals surface area contributed by atoms with Gasteiger partial charge in [-0.1, -0.05) is 12.2 Å². The molecule has 3 nitrogen and oxygen atoms in total. The van der Waals surface area contributed by atoms with Gasteiger partial charge in [0.15, 0.2) is 0 Å². The fourth-order valence-electron chi connectivity index (χ4n) is 1.51. The van der Waals surface area contributed by atoms with E-state index in [4.69, 9.17) is 18.0 Å². The highest BCUT2D eigenvalue weighted by Crippen LogP contribution is 2.22. The summed E-state index contributed by atoms with van der Waals surface area (Å²) in [5.41, 5.74) is 8.07. The van der Waals surface area contributed by atoms with Crippen molar-refractivity contribution in [3.05, 3.63) is 53.6 Å². The first-order valence-electron chi connectivity index (χ1n) is 5.35. The number of rotatable bonds is 3. The standard InChI is InChI=1S/C13H12FN3S/c1-8-4-5-16-7-12(8)17-11-3-2-9(13(15)18)6-10(11)14/h2-7,17H,1H3,(H2,15,18). The first-order valence-corrected chi connectivity index (χ1v) is 5.76. The average Bonchev–Trinajstić information content (AvgIpc) is 2.34. The topological polar surface area (TPSA) is 50.9 Å². The molecule has 1 aromatic heterocycles. The van der Waals surface area contributed by atoms with E-state index >= 15 is 0 Å². The molecule has 92 valence electrons. The van der Waals surface area contributed by atoms with Crippen LogP contribution in [0.2, 0.25) is 0 Å². The molecule has 18 heavy (non-hydrogen) atoms. The highest BCUT2D eigenvalue weighted by atomic mass is 32.1. The zero-order valence-corrected chi connectivity index (χ0v) is 10.6. The zero-order valence-electron chi connectivity index (χ0n) is 9.77. The number of aryl methyl sites for hydroxylation is 1. The van der Waals surface area contributed by atoms with E-state index in [9.17, 15) is 4.39 Å². The Morgan fingerprint density at radius 2 is 2.11 bits per heavy atom. The Morgan fingerprint density at radius 3 is 2.72 bits per heavy atom. The maximum atomic E-state index is 13.8. The summed E-state index contributed by atoms with van der Waals surface area (Å²) >= 11 is 4.80.